The van der Waals surface area contributed by atoms with Crippen LogP contribution in [0.5, 0.6) is 5.75 Å². The van der Waals surface area contributed by atoms with E-state index in [1.165, 1.54) is 17.9 Å². The third-order valence-corrected chi connectivity index (χ3v) is 3.64. The lowest BCUT2D eigenvalue weighted by Gasteiger charge is -2.30. The highest BCUT2D eigenvalue weighted by molar-refractivity contribution is 6.08. The predicted molar refractivity (Wildman–Crippen MR) is 80.0 cm³/mol. The topological polar surface area (TPSA) is 46.6 Å². The molecule has 0 fully saturated rings. The average Bonchev–Trinajstić information content (AvgIpc) is 2.55. The van der Waals surface area contributed by atoms with Gasteiger partial charge in [0.25, 0.3) is 5.91 Å². The molecule has 0 atom stereocenters. The number of fused-ring (bicyclic) bond motifs is 1. The molecule has 0 saturated carbocycles. The van der Waals surface area contributed by atoms with Crippen molar-refractivity contribution in [2.45, 2.75) is 6.92 Å². The van der Waals surface area contributed by atoms with Crippen molar-refractivity contribution < 1.29 is 23.1 Å². The molecule has 3 rings (SSSR count). The van der Waals surface area contributed by atoms with Crippen molar-refractivity contribution in [2.24, 2.45) is 0 Å². The standard InChI is InChI=1S/C17H13F2NO3/c1-10(21)11-3-5-16-15(9-11)20(6-7-23-16)17(22)12-2-4-13(18)14(19)8-12/h2-5,8-9H,6-7H2,1H3. The normalized spacial score (nSPS) is 13.3. The molecule has 1 heterocycles. The van der Waals surface area contributed by atoms with E-state index in [2.05, 4.69) is 0 Å². The Kier molecular flexibility index (Phi) is 3.82. The number of amides is 1. The second-order valence-corrected chi connectivity index (χ2v) is 5.17. The number of hydrogen-bond acceptors (Lipinski definition) is 3. The third-order valence-electron chi connectivity index (χ3n) is 3.64. The monoisotopic (exact) mass is 317 g/mol. The SMILES string of the molecule is CC(=O)c1ccc2c(c1)N(C(=O)c1ccc(F)c(F)c1)CCO2. The largest absolute Gasteiger partial charge is 0.490 e. The summed E-state index contributed by atoms with van der Waals surface area (Å²) in [5.41, 5.74) is 0.918. The van der Waals surface area contributed by atoms with Gasteiger partial charge in [0.05, 0.1) is 12.2 Å². The van der Waals surface area contributed by atoms with Gasteiger partial charge in [-0.15, -0.1) is 0 Å². The van der Waals surface area contributed by atoms with Gasteiger partial charge < -0.3 is 9.64 Å². The van der Waals surface area contributed by atoms with E-state index >= 15 is 0 Å². The van der Waals surface area contributed by atoms with E-state index < -0.39 is 17.5 Å². The van der Waals surface area contributed by atoms with Crippen molar-refractivity contribution in [1.82, 2.24) is 0 Å². The van der Waals surface area contributed by atoms with Crippen LogP contribution in [0.15, 0.2) is 36.4 Å². The lowest BCUT2D eigenvalue weighted by Crippen LogP contribution is -2.38. The maximum absolute atomic E-state index is 13.4. The fourth-order valence-corrected chi connectivity index (χ4v) is 2.43. The second-order valence-electron chi connectivity index (χ2n) is 5.17. The van der Waals surface area contributed by atoms with Crippen LogP contribution in [0.2, 0.25) is 0 Å². The molecule has 118 valence electrons. The molecular weight excluding hydrogens is 304 g/mol. The number of halogens is 2. The highest BCUT2D eigenvalue weighted by Crippen LogP contribution is 2.33. The van der Waals surface area contributed by atoms with Gasteiger partial charge in [0.2, 0.25) is 0 Å². The van der Waals surface area contributed by atoms with E-state index in [1.54, 1.807) is 18.2 Å². The molecule has 1 amide bonds. The van der Waals surface area contributed by atoms with Crippen LogP contribution < -0.4 is 9.64 Å². The van der Waals surface area contributed by atoms with Crippen molar-refractivity contribution in [3.05, 3.63) is 59.2 Å². The summed E-state index contributed by atoms with van der Waals surface area (Å²) in [6.45, 7) is 1.96. The molecule has 0 spiro atoms. The first-order valence-corrected chi connectivity index (χ1v) is 7.02. The van der Waals surface area contributed by atoms with Gasteiger partial charge in [0.15, 0.2) is 17.4 Å². The fraction of sp³-hybridized carbons (Fsp3) is 0.176. The summed E-state index contributed by atoms with van der Waals surface area (Å²) < 4.78 is 31.9. The van der Waals surface area contributed by atoms with Gasteiger partial charge in [-0.05, 0) is 43.3 Å². The first-order valence-electron chi connectivity index (χ1n) is 7.02. The van der Waals surface area contributed by atoms with Crippen LogP contribution in [0.4, 0.5) is 14.5 Å². The van der Waals surface area contributed by atoms with Crippen LogP contribution >= 0.6 is 0 Å². The number of ketones is 1. The molecule has 1 aliphatic heterocycles. The summed E-state index contributed by atoms with van der Waals surface area (Å²) >= 11 is 0. The minimum atomic E-state index is -1.08. The number of hydrogen-bond donors (Lipinski definition) is 0. The van der Waals surface area contributed by atoms with E-state index in [4.69, 9.17) is 4.74 Å². The molecule has 0 aromatic heterocycles. The van der Waals surface area contributed by atoms with E-state index in [9.17, 15) is 18.4 Å². The van der Waals surface area contributed by atoms with Crippen LogP contribution in [0.1, 0.15) is 27.6 Å². The molecule has 23 heavy (non-hydrogen) atoms. The zero-order valence-corrected chi connectivity index (χ0v) is 12.3. The smallest absolute Gasteiger partial charge is 0.258 e. The number of rotatable bonds is 2. The molecule has 6 heteroatoms. The molecule has 4 nitrogen and oxygen atoms in total. The minimum absolute atomic E-state index is 0.0324. The summed E-state index contributed by atoms with van der Waals surface area (Å²) in [4.78, 5) is 25.5. The van der Waals surface area contributed by atoms with Crippen LogP contribution in [-0.2, 0) is 0 Å². The van der Waals surface area contributed by atoms with Crippen molar-refractivity contribution in [1.29, 1.82) is 0 Å². The van der Waals surface area contributed by atoms with Crippen LogP contribution in [0.3, 0.4) is 0 Å². The van der Waals surface area contributed by atoms with Crippen molar-refractivity contribution in [3.8, 4) is 5.75 Å². The summed E-state index contributed by atoms with van der Waals surface area (Å²) in [6.07, 6.45) is 0. The molecule has 1 aliphatic rings. The molecular formula is C17H13F2NO3. The van der Waals surface area contributed by atoms with E-state index in [0.717, 1.165) is 12.1 Å². The lowest BCUT2D eigenvalue weighted by molar-refractivity contribution is 0.0972. The Labute approximate surface area is 131 Å². The van der Waals surface area contributed by atoms with Gasteiger partial charge in [-0.25, -0.2) is 8.78 Å². The number of anilines is 1. The Hall–Kier alpha value is -2.76. The van der Waals surface area contributed by atoms with E-state index in [0.29, 0.717) is 17.0 Å². The lowest BCUT2D eigenvalue weighted by atomic mass is 10.1. The van der Waals surface area contributed by atoms with Crippen molar-refractivity contribution in [3.63, 3.8) is 0 Å². The first-order chi connectivity index (χ1) is 11.0. The molecule has 0 bridgehead atoms. The highest BCUT2D eigenvalue weighted by atomic mass is 19.2. The Morgan fingerprint density at radius 1 is 1.04 bits per heavy atom. The minimum Gasteiger partial charge on any atom is -0.490 e. The number of nitrogens with zero attached hydrogens (tertiary/aromatic N) is 1. The molecule has 2 aromatic rings. The Bertz CT molecular complexity index is 804. The van der Waals surface area contributed by atoms with Crippen molar-refractivity contribution >= 4 is 17.4 Å². The van der Waals surface area contributed by atoms with Crippen LogP contribution in [-0.4, -0.2) is 24.8 Å². The zero-order chi connectivity index (χ0) is 16.6. The molecule has 0 radical (unpaired) electrons. The number of Topliss-reactive ketones (excluding diaryl/α,β-unsaturated/α-hetero) is 1. The maximum Gasteiger partial charge on any atom is 0.258 e. The number of ether oxygens (including phenoxy) is 1. The van der Waals surface area contributed by atoms with Gasteiger partial charge in [-0.3, -0.25) is 9.59 Å². The Morgan fingerprint density at radius 3 is 2.48 bits per heavy atom. The Balaban J connectivity index is 2.01. The number of carbonyl (C=O) groups excluding carboxylic acids is 2. The van der Waals surface area contributed by atoms with Crippen molar-refractivity contribution in [2.75, 3.05) is 18.1 Å². The predicted octanol–water partition coefficient (Wildman–Crippen LogP) is 3.21. The highest BCUT2D eigenvalue weighted by Gasteiger charge is 2.26. The average molecular weight is 317 g/mol. The summed E-state index contributed by atoms with van der Waals surface area (Å²) in [5.74, 6) is -2.24. The molecule has 0 N–H and O–H groups in total. The summed E-state index contributed by atoms with van der Waals surface area (Å²) in [6, 6.07) is 7.81. The molecule has 0 unspecified atom stereocenters. The first kappa shape index (κ1) is 15.1. The third kappa shape index (κ3) is 2.79. The van der Waals surface area contributed by atoms with Gasteiger partial charge in [0, 0.05) is 11.1 Å². The van der Waals surface area contributed by atoms with Crippen LogP contribution in [0, 0.1) is 11.6 Å². The van der Waals surface area contributed by atoms with Gasteiger partial charge in [0.1, 0.15) is 12.4 Å². The summed E-state index contributed by atoms with van der Waals surface area (Å²) in [5, 5.41) is 0. The fourth-order valence-electron chi connectivity index (χ4n) is 2.43. The quantitative estimate of drug-likeness (QED) is 0.799. The van der Waals surface area contributed by atoms with Crippen LogP contribution in [0.25, 0.3) is 0 Å². The maximum atomic E-state index is 13.4. The van der Waals surface area contributed by atoms with E-state index in [1.807, 2.05) is 0 Å². The van der Waals surface area contributed by atoms with Gasteiger partial charge in [-0.1, -0.05) is 0 Å². The molecule has 0 saturated heterocycles. The van der Waals surface area contributed by atoms with Gasteiger partial charge >= 0.3 is 0 Å². The second kappa shape index (κ2) is 5.79. The van der Waals surface area contributed by atoms with E-state index in [-0.39, 0.29) is 24.5 Å². The molecule has 0 aliphatic carbocycles. The summed E-state index contributed by atoms with van der Waals surface area (Å²) in [7, 11) is 0. The number of benzene rings is 2. The molecule has 2 aromatic carbocycles. The Morgan fingerprint density at radius 2 is 1.78 bits per heavy atom. The number of carbonyl (C=O) groups is 2. The van der Waals surface area contributed by atoms with Gasteiger partial charge in [-0.2, -0.15) is 0 Å². The zero-order valence-electron chi connectivity index (χ0n) is 12.3.